The van der Waals surface area contributed by atoms with Gasteiger partial charge in [-0.15, -0.1) is 6.58 Å². The predicted molar refractivity (Wildman–Crippen MR) is 61.9 cm³/mol. The van der Waals surface area contributed by atoms with Crippen molar-refractivity contribution in [2.75, 3.05) is 6.61 Å². The van der Waals surface area contributed by atoms with Gasteiger partial charge in [0.2, 0.25) is 0 Å². The van der Waals surface area contributed by atoms with Crippen LogP contribution in [0.2, 0.25) is 18.1 Å². The van der Waals surface area contributed by atoms with Crippen molar-refractivity contribution in [2.24, 2.45) is 0 Å². The van der Waals surface area contributed by atoms with Crippen molar-refractivity contribution in [1.82, 2.24) is 0 Å². The van der Waals surface area contributed by atoms with Crippen LogP contribution in [0.5, 0.6) is 0 Å². The molecule has 0 heterocycles. The molecule has 72 valence electrons. The van der Waals surface area contributed by atoms with E-state index in [4.69, 9.17) is 4.43 Å². The first-order valence-corrected chi connectivity index (χ1v) is 10.4. The number of rotatable bonds is 4. The zero-order valence-electron chi connectivity index (χ0n) is 9.11. The molecule has 0 aromatic heterocycles. The lowest BCUT2D eigenvalue weighted by atomic mass is 10.2. The molecule has 0 amide bonds. The monoisotopic (exact) mass is 202 g/mol. The van der Waals surface area contributed by atoms with Gasteiger partial charge in [-0.25, -0.2) is 0 Å². The molecule has 0 aliphatic carbocycles. The van der Waals surface area contributed by atoms with Gasteiger partial charge in [0, 0.05) is 0 Å². The second-order valence-electron chi connectivity index (χ2n) is 4.94. The lowest BCUT2D eigenvalue weighted by Gasteiger charge is -2.35. The van der Waals surface area contributed by atoms with E-state index in [2.05, 4.69) is 40.4 Å². The van der Waals surface area contributed by atoms with Crippen LogP contribution in [-0.2, 0) is 4.43 Å². The van der Waals surface area contributed by atoms with Gasteiger partial charge < -0.3 is 4.43 Å². The molecule has 0 saturated carbocycles. The second-order valence-corrected chi connectivity index (χ2v) is 17.1. The van der Waals surface area contributed by atoms with Crippen molar-refractivity contribution in [3.63, 3.8) is 0 Å². The molecule has 0 aromatic carbocycles. The predicted octanol–water partition coefficient (Wildman–Crippen LogP) is 2.28. The molecule has 0 bridgehead atoms. The maximum Gasteiger partial charge on any atom is 0.151 e. The number of hydrogen-bond acceptors (Lipinski definition) is 1. The van der Waals surface area contributed by atoms with E-state index in [1.807, 2.05) is 6.08 Å². The summed E-state index contributed by atoms with van der Waals surface area (Å²) in [5.41, 5.74) is 0. The summed E-state index contributed by atoms with van der Waals surface area (Å²) in [4.78, 5) is 0. The van der Waals surface area contributed by atoms with Crippen molar-refractivity contribution in [3.05, 3.63) is 12.7 Å². The van der Waals surface area contributed by atoms with Crippen LogP contribution in [0.3, 0.4) is 0 Å². The fourth-order valence-electron chi connectivity index (χ4n) is 0.614. The summed E-state index contributed by atoms with van der Waals surface area (Å²) in [7, 11) is -1.38. The van der Waals surface area contributed by atoms with Gasteiger partial charge in [-0.3, -0.25) is 0 Å². The third kappa shape index (κ3) is 3.69. The van der Waals surface area contributed by atoms with Crippen LogP contribution < -0.4 is 0 Å². The molecule has 1 nitrogen and oxygen atoms in total. The van der Waals surface area contributed by atoms with Gasteiger partial charge in [0.25, 0.3) is 0 Å². The first-order chi connectivity index (χ1) is 5.31. The maximum absolute atomic E-state index is 5.66. The maximum atomic E-state index is 5.66. The summed E-state index contributed by atoms with van der Waals surface area (Å²) >= 11 is 0. The molecular formula is C9H22OSi2. The molecule has 0 saturated heterocycles. The van der Waals surface area contributed by atoms with Crippen LogP contribution in [0.15, 0.2) is 12.7 Å². The molecule has 0 N–H and O–H groups in total. The largest absolute Gasteiger partial charge is 0.424 e. The number of hydrogen-bond donors (Lipinski definition) is 0. The molecule has 0 rings (SSSR count). The molecule has 0 spiro atoms. The van der Waals surface area contributed by atoms with Crippen LogP contribution in [0.4, 0.5) is 0 Å². The highest BCUT2D eigenvalue weighted by Crippen LogP contribution is 2.34. The van der Waals surface area contributed by atoms with E-state index >= 15 is 0 Å². The zero-order valence-corrected chi connectivity index (χ0v) is 11.5. The van der Waals surface area contributed by atoms with E-state index in [-0.39, 0.29) is 9.28 Å². The Morgan fingerprint density at radius 3 is 2.25 bits per heavy atom. The summed E-state index contributed by atoms with van der Waals surface area (Å²) in [5.74, 6) is 0. The lowest BCUT2D eigenvalue weighted by molar-refractivity contribution is 0.393. The first-order valence-electron chi connectivity index (χ1n) is 4.50. The van der Waals surface area contributed by atoms with Gasteiger partial charge >= 0.3 is 0 Å². The Labute approximate surface area is 79.9 Å². The lowest BCUT2D eigenvalue weighted by Crippen LogP contribution is -2.45. The zero-order chi connectivity index (χ0) is 9.83. The van der Waals surface area contributed by atoms with E-state index in [0.29, 0.717) is 5.04 Å². The van der Waals surface area contributed by atoms with Gasteiger partial charge in [-0.2, -0.15) is 0 Å². The molecule has 0 aliphatic rings. The molecule has 0 unspecified atom stereocenters. The minimum atomic E-state index is -1.07. The Balaban J connectivity index is 3.95. The van der Waals surface area contributed by atoms with Crippen LogP contribution in [0, 0.1) is 0 Å². The highest BCUT2D eigenvalue weighted by atomic mass is 29.2. The van der Waals surface area contributed by atoms with E-state index in [0.717, 1.165) is 6.61 Å². The van der Waals surface area contributed by atoms with Crippen molar-refractivity contribution < 1.29 is 4.43 Å². The summed E-state index contributed by atoms with van der Waals surface area (Å²) in [6, 6.07) is 0. The Bertz CT molecular complexity index is 147. The summed E-state index contributed by atoms with van der Waals surface area (Å²) < 4.78 is 5.66. The minimum absolute atomic E-state index is 0.308. The molecule has 0 fully saturated rings. The SMILES string of the molecule is C=CCO[SiH2][Si](C)(C)C(C)(C)C. The van der Waals surface area contributed by atoms with Crippen LogP contribution in [0.25, 0.3) is 0 Å². The summed E-state index contributed by atoms with van der Waals surface area (Å²) in [6.45, 7) is 16.3. The van der Waals surface area contributed by atoms with Gasteiger partial charge in [0.05, 0.1) is 14.2 Å². The molecule has 0 atom stereocenters. The average Bonchev–Trinajstić information content (AvgIpc) is 1.85. The second kappa shape index (κ2) is 4.39. The molecule has 0 radical (unpaired) electrons. The van der Waals surface area contributed by atoms with Crippen LogP contribution >= 0.6 is 0 Å². The fraction of sp³-hybridized carbons (Fsp3) is 0.778. The highest BCUT2D eigenvalue weighted by molar-refractivity contribution is 7.22. The van der Waals surface area contributed by atoms with Gasteiger partial charge in [0.15, 0.2) is 9.28 Å². The molecule has 3 heteroatoms. The Kier molecular flexibility index (Phi) is 4.44. The normalized spacial score (nSPS) is 14.1. The smallest absolute Gasteiger partial charge is 0.151 e. The Morgan fingerprint density at radius 2 is 1.92 bits per heavy atom. The standard InChI is InChI=1S/C9H22OSi2/c1-7-8-10-11-12(5,6)9(2,3)4/h7H,1,8,11H2,2-6H3. The van der Waals surface area contributed by atoms with E-state index < -0.39 is 7.59 Å². The Morgan fingerprint density at radius 1 is 1.42 bits per heavy atom. The van der Waals surface area contributed by atoms with Gasteiger partial charge in [0.1, 0.15) is 0 Å². The van der Waals surface area contributed by atoms with Crippen molar-refractivity contribution in [2.45, 2.75) is 38.9 Å². The first kappa shape index (κ1) is 12.1. The van der Waals surface area contributed by atoms with Gasteiger partial charge in [-0.05, 0) is 5.04 Å². The van der Waals surface area contributed by atoms with E-state index in [9.17, 15) is 0 Å². The van der Waals surface area contributed by atoms with Gasteiger partial charge in [-0.1, -0.05) is 39.9 Å². The third-order valence-corrected chi connectivity index (χ3v) is 13.9. The summed E-state index contributed by atoms with van der Waals surface area (Å²) in [5, 5.41) is 0.487. The fourth-order valence-corrected chi connectivity index (χ4v) is 5.03. The quantitative estimate of drug-likeness (QED) is 0.386. The van der Waals surface area contributed by atoms with Crippen molar-refractivity contribution in [1.29, 1.82) is 0 Å². The van der Waals surface area contributed by atoms with Crippen molar-refractivity contribution >= 4 is 16.9 Å². The molecule has 0 aliphatic heterocycles. The summed E-state index contributed by atoms with van der Waals surface area (Å²) in [6.07, 6.45) is 1.85. The minimum Gasteiger partial charge on any atom is -0.424 e. The molecule has 12 heavy (non-hydrogen) atoms. The Hall–Kier alpha value is 0.134. The van der Waals surface area contributed by atoms with E-state index in [1.54, 1.807) is 0 Å². The topological polar surface area (TPSA) is 9.23 Å². The van der Waals surface area contributed by atoms with Crippen LogP contribution in [0.1, 0.15) is 20.8 Å². The molecule has 0 aromatic rings. The van der Waals surface area contributed by atoms with E-state index in [1.165, 1.54) is 0 Å². The van der Waals surface area contributed by atoms with Crippen molar-refractivity contribution in [3.8, 4) is 0 Å². The highest BCUT2D eigenvalue weighted by Gasteiger charge is 2.35. The molecular weight excluding hydrogens is 180 g/mol. The third-order valence-electron chi connectivity index (χ3n) is 2.73. The average molecular weight is 202 g/mol. The van der Waals surface area contributed by atoms with Crippen LogP contribution in [-0.4, -0.2) is 23.5 Å².